The van der Waals surface area contributed by atoms with Crippen molar-refractivity contribution in [2.75, 3.05) is 7.05 Å². The molecule has 0 aromatic carbocycles. The highest BCUT2D eigenvalue weighted by Crippen LogP contribution is 2.29. The van der Waals surface area contributed by atoms with Gasteiger partial charge in [-0.3, -0.25) is 9.58 Å². The molecule has 0 aliphatic heterocycles. The number of hydrogen-bond acceptors (Lipinski definition) is 6. The lowest BCUT2D eigenvalue weighted by Gasteiger charge is -2.14. The fourth-order valence-corrected chi connectivity index (χ4v) is 2.64. The Morgan fingerprint density at radius 3 is 2.57 bits per heavy atom. The van der Waals surface area contributed by atoms with Gasteiger partial charge in [0.15, 0.2) is 5.76 Å². The Balaban J connectivity index is 1.84. The number of aromatic nitrogens is 4. The van der Waals surface area contributed by atoms with Gasteiger partial charge in [0.1, 0.15) is 22.3 Å². The third-order valence-electron chi connectivity index (χ3n) is 3.47. The van der Waals surface area contributed by atoms with E-state index in [0.29, 0.717) is 23.9 Å². The van der Waals surface area contributed by atoms with Crippen LogP contribution in [0.2, 0.25) is 5.15 Å². The lowest BCUT2D eigenvalue weighted by atomic mass is 10.2. The van der Waals surface area contributed by atoms with Crippen molar-refractivity contribution < 1.29 is 9.05 Å². The van der Waals surface area contributed by atoms with E-state index in [1.54, 1.807) is 4.68 Å². The second-order valence-electron chi connectivity index (χ2n) is 5.67. The van der Waals surface area contributed by atoms with E-state index in [-0.39, 0.29) is 0 Å². The molecule has 3 aromatic rings. The number of rotatable bonds is 5. The predicted molar refractivity (Wildman–Crippen MR) is 84.9 cm³/mol. The highest BCUT2D eigenvalue weighted by molar-refractivity contribution is 6.30. The number of aryl methyl sites for hydroxylation is 3. The minimum Gasteiger partial charge on any atom is -0.361 e. The van der Waals surface area contributed by atoms with Gasteiger partial charge in [-0.15, -0.1) is 0 Å². The Labute approximate surface area is 138 Å². The summed E-state index contributed by atoms with van der Waals surface area (Å²) in [5.74, 6) is 1.54. The summed E-state index contributed by atoms with van der Waals surface area (Å²) in [5, 5.41) is 13.0. The largest absolute Gasteiger partial charge is 0.361 e. The second-order valence-corrected chi connectivity index (χ2v) is 6.03. The monoisotopic (exact) mass is 335 g/mol. The van der Waals surface area contributed by atoms with Crippen LogP contribution in [0, 0.1) is 13.8 Å². The molecule has 3 heterocycles. The third-order valence-corrected chi connectivity index (χ3v) is 3.94. The molecule has 0 radical (unpaired) electrons. The quantitative estimate of drug-likeness (QED) is 0.713. The fraction of sp³-hybridized carbons (Fsp3) is 0.400. The molecule has 122 valence electrons. The molecule has 0 atom stereocenters. The van der Waals surface area contributed by atoms with Crippen molar-refractivity contribution in [3.05, 3.63) is 40.1 Å². The summed E-state index contributed by atoms with van der Waals surface area (Å²) in [6, 6.07) is 3.77. The van der Waals surface area contributed by atoms with E-state index in [9.17, 15) is 0 Å². The average molecular weight is 336 g/mol. The lowest BCUT2D eigenvalue weighted by Crippen LogP contribution is -2.17. The van der Waals surface area contributed by atoms with Gasteiger partial charge in [-0.25, -0.2) is 0 Å². The van der Waals surface area contributed by atoms with Gasteiger partial charge < -0.3 is 9.05 Å². The molecule has 8 heteroatoms. The fourth-order valence-electron chi connectivity index (χ4n) is 2.45. The van der Waals surface area contributed by atoms with Crippen molar-refractivity contribution in [2.45, 2.75) is 26.9 Å². The molecule has 7 nitrogen and oxygen atoms in total. The van der Waals surface area contributed by atoms with Crippen molar-refractivity contribution in [2.24, 2.45) is 7.05 Å². The van der Waals surface area contributed by atoms with Crippen LogP contribution in [0.4, 0.5) is 0 Å². The molecule has 0 saturated heterocycles. The van der Waals surface area contributed by atoms with Gasteiger partial charge in [0.05, 0.1) is 12.2 Å². The van der Waals surface area contributed by atoms with Crippen molar-refractivity contribution >= 4 is 11.6 Å². The average Bonchev–Trinajstić information content (AvgIpc) is 3.16. The van der Waals surface area contributed by atoms with Crippen LogP contribution in [-0.2, 0) is 20.1 Å². The van der Waals surface area contributed by atoms with E-state index in [2.05, 4.69) is 20.3 Å². The van der Waals surface area contributed by atoms with Crippen LogP contribution in [0.15, 0.2) is 21.2 Å². The molecule has 0 aliphatic rings. The van der Waals surface area contributed by atoms with Gasteiger partial charge in [0.2, 0.25) is 0 Å². The maximum Gasteiger partial charge on any atom is 0.150 e. The highest BCUT2D eigenvalue weighted by Gasteiger charge is 2.20. The van der Waals surface area contributed by atoms with Crippen LogP contribution in [0.1, 0.15) is 22.8 Å². The maximum atomic E-state index is 6.40. The molecule has 0 spiro atoms. The number of nitrogens with zero attached hydrogens (tertiary/aromatic N) is 5. The van der Waals surface area contributed by atoms with Crippen molar-refractivity contribution in [3.8, 4) is 11.4 Å². The standard InChI is InChI=1S/C15H18ClN5O2/c1-9-5-11(23-18-9)7-20(3)8-12-14(17-21(4)15(12)16)13-6-10(2)22-19-13/h5-6H,7-8H2,1-4H3. The molecule has 0 unspecified atom stereocenters. The Morgan fingerprint density at radius 1 is 1.17 bits per heavy atom. The molecule has 23 heavy (non-hydrogen) atoms. The molecule has 3 rings (SSSR count). The maximum absolute atomic E-state index is 6.40. The topological polar surface area (TPSA) is 73.1 Å². The molecule has 0 fully saturated rings. The van der Waals surface area contributed by atoms with Gasteiger partial charge in [-0.1, -0.05) is 21.9 Å². The minimum absolute atomic E-state index is 0.584. The van der Waals surface area contributed by atoms with Crippen LogP contribution < -0.4 is 0 Å². The first-order valence-electron chi connectivity index (χ1n) is 7.20. The lowest BCUT2D eigenvalue weighted by molar-refractivity contribution is 0.266. The first-order valence-corrected chi connectivity index (χ1v) is 7.57. The van der Waals surface area contributed by atoms with Gasteiger partial charge in [0.25, 0.3) is 0 Å². The second kappa shape index (κ2) is 6.17. The molecule has 3 aromatic heterocycles. The Kier molecular flexibility index (Phi) is 4.23. The molecular weight excluding hydrogens is 318 g/mol. The highest BCUT2D eigenvalue weighted by atomic mass is 35.5. The van der Waals surface area contributed by atoms with E-state index in [1.807, 2.05) is 40.1 Å². The molecule has 0 N–H and O–H groups in total. The van der Waals surface area contributed by atoms with E-state index in [0.717, 1.165) is 28.5 Å². The Morgan fingerprint density at radius 2 is 1.96 bits per heavy atom. The zero-order valence-corrected chi connectivity index (χ0v) is 14.3. The molecule has 0 saturated carbocycles. The number of hydrogen-bond donors (Lipinski definition) is 0. The summed E-state index contributed by atoms with van der Waals surface area (Å²) in [6.07, 6.45) is 0. The van der Waals surface area contributed by atoms with Gasteiger partial charge >= 0.3 is 0 Å². The van der Waals surface area contributed by atoms with Crippen LogP contribution >= 0.6 is 11.6 Å². The molecule has 0 amide bonds. The normalized spacial score (nSPS) is 11.6. The summed E-state index contributed by atoms with van der Waals surface area (Å²) in [7, 11) is 3.79. The summed E-state index contributed by atoms with van der Waals surface area (Å²) in [4.78, 5) is 2.08. The van der Waals surface area contributed by atoms with Crippen LogP contribution in [-0.4, -0.2) is 32.0 Å². The van der Waals surface area contributed by atoms with E-state index >= 15 is 0 Å². The molecule has 0 bridgehead atoms. The molecule has 0 aliphatic carbocycles. The van der Waals surface area contributed by atoms with E-state index < -0.39 is 0 Å². The van der Waals surface area contributed by atoms with Crippen molar-refractivity contribution in [3.63, 3.8) is 0 Å². The van der Waals surface area contributed by atoms with E-state index in [1.165, 1.54) is 0 Å². The van der Waals surface area contributed by atoms with Crippen LogP contribution in [0.25, 0.3) is 11.4 Å². The van der Waals surface area contributed by atoms with Crippen molar-refractivity contribution in [1.29, 1.82) is 0 Å². The Hall–Kier alpha value is -2.12. The van der Waals surface area contributed by atoms with Crippen LogP contribution in [0.5, 0.6) is 0 Å². The zero-order valence-electron chi connectivity index (χ0n) is 13.5. The van der Waals surface area contributed by atoms with Crippen molar-refractivity contribution in [1.82, 2.24) is 25.0 Å². The summed E-state index contributed by atoms with van der Waals surface area (Å²) < 4.78 is 12.0. The van der Waals surface area contributed by atoms with Crippen LogP contribution in [0.3, 0.4) is 0 Å². The Bertz CT molecular complexity index is 820. The number of halogens is 1. The zero-order chi connectivity index (χ0) is 16.6. The minimum atomic E-state index is 0.584. The SMILES string of the molecule is Cc1cc(CN(C)Cc2c(-c3cc(C)on3)nn(C)c2Cl)on1. The van der Waals surface area contributed by atoms with E-state index in [4.69, 9.17) is 20.6 Å². The van der Waals surface area contributed by atoms with Gasteiger partial charge in [-0.05, 0) is 20.9 Å². The smallest absolute Gasteiger partial charge is 0.150 e. The third kappa shape index (κ3) is 3.30. The summed E-state index contributed by atoms with van der Waals surface area (Å²) in [6.45, 7) is 4.98. The first kappa shape index (κ1) is 15.8. The molecular formula is C15H18ClN5O2. The van der Waals surface area contributed by atoms with Gasteiger partial charge in [-0.2, -0.15) is 5.10 Å². The summed E-state index contributed by atoms with van der Waals surface area (Å²) in [5.41, 5.74) is 3.19. The summed E-state index contributed by atoms with van der Waals surface area (Å²) >= 11 is 6.40. The van der Waals surface area contributed by atoms with Gasteiger partial charge in [0, 0.05) is 31.3 Å². The first-order chi connectivity index (χ1) is 10.9. The predicted octanol–water partition coefficient (Wildman–Crippen LogP) is 2.97.